The van der Waals surface area contributed by atoms with Crippen molar-refractivity contribution < 1.29 is 13.5 Å². The van der Waals surface area contributed by atoms with E-state index in [0.29, 0.717) is 35.1 Å². The number of benzene rings is 1. The molecule has 1 aromatic carbocycles. The van der Waals surface area contributed by atoms with Crippen LogP contribution in [0.25, 0.3) is 11.3 Å². The summed E-state index contributed by atoms with van der Waals surface area (Å²) >= 11 is 0. The van der Waals surface area contributed by atoms with Gasteiger partial charge in [0, 0.05) is 30.1 Å². The second-order valence-corrected chi connectivity index (χ2v) is 7.34. The second kappa shape index (κ2) is 7.08. The van der Waals surface area contributed by atoms with E-state index in [0.717, 1.165) is 24.6 Å². The van der Waals surface area contributed by atoms with Crippen LogP contribution in [0.1, 0.15) is 30.1 Å². The molecule has 4 aromatic rings. The summed E-state index contributed by atoms with van der Waals surface area (Å²) in [4.78, 5) is 6.83. The Labute approximate surface area is 171 Å². The molecule has 0 amide bonds. The van der Waals surface area contributed by atoms with Gasteiger partial charge in [-0.3, -0.25) is 0 Å². The maximum Gasteiger partial charge on any atom is 0.233 e. The monoisotopic (exact) mass is 410 g/mol. The summed E-state index contributed by atoms with van der Waals surface area (Å²) in [5.41, 5.74) is 2.57. The molecule has 1 saturated heterocycles. The summed E-state index contributed by atoms with van der Waals surface area (Å²) in [6.45, 7) is 2.63. The smallest absolute Gasteiger partial charge is 0.233 e. The highest BCUT2D eigenvalue weighted by Crippen LogP contribution is 2.37. The average Bonchev–Trinajstić information content (AvgIpc) is 3.47. The van der Waals surface area contributed by atoms with Gasteiger partial charge in [0.1, 0.15) is 23.1 Å². The third-order valence-electron chi connectivity index (χ3n) is 5.50. The highest BCUT2D eigenvalue weighted by Gasteiger charge is 2.30. The van der Waals surface area contributed by atoms with Crippen molar-refractivity contribution in [3.63, 3.8) is 0 Å². The summed E-state index contributed by atoms with van der Waals surface area (Å²) in [5.74, 6) is 0.345. The van der Waals surface area contributed by atoms with E-state index in [4.69, 9.17) is 9.72 Å². The number of rotatable bonds is 4. The van der Waals surface area contributed by atoms with Crippen LogP contribution in [0.3, 0.4) is 0 Å². The standard InChI is InChI=1S/C21H20F2N6O/c1-13-10-20(30-2)26-29(13)18-12-24-28-9-7-19(25-21(18)28)27-8-3-4-17(27)15-11-14(22)5-6-16(15)23/h5-7,9-12,17H,3-4,8H2,1-2H3/t17-/m1/s1. The van der Waals surface area contributed by atoms with Gasteiger partial charge < -0.3 is 9.64 Å². The Morgan fingerprint density at radius 3 is 2.83 bits per heavy atom. The molecule has 4 heterocycles. The number of nitrogens with zero attached hydrogens (tertiary/aromatic N) is 6. The molecule has 0 spiro atoms. The van der Waals surface area contributed by atoms with Crippen molar-refractivity contribution in [3.05, 3.63) is 65.6 Å². The van der Waals surface area contributed by atoms with E-state index >= 15 is 0 Å². The van der Waals surface area contributed by atoms with E-state index in [1.165, 1.54) is 12.1 Å². The van der Waals surface area contributed by atoms with Crippen molar-refractivity contribution in [2.24, 2.45) is 0 Å². The van der Waals surface area contributed by atoms with Gasteiger partial charge in [0.25, 0.3) is 0 Å². The van der Waals surface area contributed by atoms with Crippen molar-refractivity contribution in [2.75, 3.05) is 18.6 Å². The molecule has 0 unspecified atom stereocenters. The topological polar surface area (TPSA) is 60.5 Å². The fraction of sp³-hybridized carbons (Fsp3) is 0.286. The normalized spacial score (nSPS) is 16.5. The first-order valence-electron chi connectivity index (χ1n) is 9.72. The second-order valence-electron chi connectivity index (χ2n) is 7.34. The van der Waals surface area contributed by atoms with Crippen molar-refractivity contribution >= 4 is 11.5 Å². The zero-order valence-corrected chi connectivity index (χ0v) is 16.6. The van der Waals surface area contributed by atoms with Crippen molar-refractivity contribution in [3.8, 4) is 11.6 Å². The molecule has 1 aliphatic rings. The van der Waals surface area contributed by atoms with Crippen LogP contribution in [0, 0.1) is 18.6 Å². The molecule has 0 N–H and O–H groups in total. The number of fused-ring (bicyclic) bond motifs is 1. The van der Waals surface area contributed by atoms with Crippen LogP contribution in [-0.2, 0) is 0 Å². The van der Waals surface area contributed by atoms with Crippen molar-refractivity contribution in [2.45, 2.75) is 25.8 Å². The van der Waals surface area contributed by atoms with Crippen molar-refractivity contribution in [1.82, 2.24) is 24.4 Å². The Hall–Kier alpha value is -3.49. The lowest BCUT2D eigenvalue weighted by molar-refractivity contribution is 0.394. The van der Waals surface area contributed by atoms with Crippen LogP contribution in [0.5, 0.6) is 5.88 Å². The van der Waals surface area contributed by atoms with Gasteiger partial charge in [-0.25, -0.2) is 23.0 Å². The molecule has 0 radical (unpaired) electrons. The number of hydrogen-bond acceptors (Lipinski definition) is 5. The highest BCUT2D eigenvalue weighted by molar-refractivity contribution is 5.62. The quantitative estimate of drug-likeness (QED) is 0.511. The average molecular weight is 410 g/mol. The maximum absolute atomic E-state index is 14.4. The Bertz CT molecular complexity index is 1230. The molecule has 154 valence electrons. The molecule has 7 nitrogen and oxygen atoms in total. The third-order valence-corrected chi connectivity index (χ3v) is 5.50. The Balaban J connectivity index is 1.57. The van der Waals surface area contributed by atoms with E-state index in [1.54, 1.807) is 22.5 Å². The zero-order chi connectivity index (χ0) is 20.8. The van der Waals surface area contributed by atoms with Crippen LogP contribution in [0.4, 0.5) is 14.6 Å². The molecule has 0 saturated carbocycles. The number of aromatic nitrogens is 5. The molecule has 9 heteroatoms. The molecular formula is C21H20F2N6O. The summed E-state index contributed by atoms with van der Waals surface area (Å²) in [6, 6.07) is 7.00. The van der Waals surface area contributed by atoms with Gasteiger partial charge in [-0.05, 0) is 44.0 Å². The minimum atomic E-state index is -0.442. The van der Waals surface area contributed by atoms with E-state index < -0.39 is 11.6 Å². The van der Waals surface area contributed by atoms with Gasteiger partial charge in [0.2, 0.25) is 5.88 Å². The van der Waals surface area contributed by atoms with Crippen LogP contribution < -0.4 is 9.64 Å². The van der Waals surface area contributed by atoms with Gasteiger partial charge in [-0.2, -0.15) is 5.10 Å². The van der Waals surface area contributed by atoms with E-state index in [9.17, 15) is 8.78 Å². The minimum absolute atomic E-state index is 0.270. The predicted octanol–water partition coefficient (Wildman–Crippen LogP) is 3.85. The largest absolute Gasteiger partial charge is 0.480 e. The van der Waals surface area contributed by atoms with Crippen LogP contribution in [0.2, 0.25) is 0 Å². The van der Waals surface area contributed by atoms with E-state index in [-0.39, 0.29) is 6.04 Å². The van der Waals surface area contributed by atoms with E-state index in [1.807, 2.05) is 30.2 Å². The molecule has 0 aliphatic carbocycles. The SMILES string of the molecule is COc1cc(C)n(-c2cnn3ccc(N4CCC[C@@H]4c4cc(F)ccc4F)nc23)n1. The number of halogens is 2. The molecule has 3 aromatic heterocycles. The first-order valence-corrected chi connectivity index (χ1v) is 9.72. The first-order chi connectivity index (χ1) is 14.5. The summed E-state index contributed by atoms with van der Waals surface area (Å²) in [5, 5.41) is 8.79. The zero-order valence-electron chi connectivity index (χ0n) is 16.6. The van der Waals surface area contributed by atoms with Gasteiger partial charge in [0.15, 0.2) is 5.65 Å². The lowest BCUT2D eigenvalue weighted by atomic mass is 10.0. The van der Waals surface area contributed by atoms with Crippen LogP contribution in [-0.4, -0.2) is 38.0 Å². The van der Waals surface area contributed by atoms with Crippen LogP contribution in [0.15, 0.2) is 42.7 Å². The fourth-order valence-corrected chi connectivity index (χ4v) is 4.08. The summed E-state index contributed by atoms with van der Waals surface area (Å²) in [7, 11) is 1.57. The molecular weight excluding hydrogens is 390 g/mol. The fourth-order valence-electron chi connectivity index (χ4n) is 4.08. The maximum atomic E-state index is 14.4. The van der Waals surface area contributed by atoms with E-state index in [2.05, 4.69) is 10.2 Å². The van der Waals surface area contributed by atoms with Gasteiger partial charge in [-0.1, -0.05) is 0 Å². The minimum Gasteiger partial charge on any atom is -0.480 e. The van der Waals surface area contributed by atoms with Gasteiger partial charge in [-0.15, -0.1) is 5.10 Å². The number of aryl methyl sites for hydroxylation is 1. The highest BCUT2D eigenvalue weighted by atomic mass is 19.1. The Morgan fingerprint density at radius 2 is 2.03 bits per heavy atom. The van der Waals surface area contributed by atoms with Gasteiger partial charge in [0.05, 0.1) is 19.3 Å². The summed E-state index contributed by atoms with van der Waals surface area (Å²) in [6.07, 6.45) is 5.11. The molecule has 1 fully saturated rings. The molecule has 1 aliphatic heterocycles. The molecule has 1 atom stereocenters. The van der Waals surface area contributed by atoms with Gasteiger partial charge >= 0.3 is 0 Å². The number of methoxy groups -OCH3 is 1. The number of hydrogen-bond donors (Lipinski definition) is 0. The van der Waals surface area contributed by atoms with Crippen LogP contribution >= 0.6 is 0 Å². The molecule has 30 heavy (non-hydrogen) atoms. The third kappa shape index (κ3) is 2.97. The molecule has 0 bridgehead atoms. The summed E-state index contributed by atoms with van der Waals surface area (Å²) < 4.78 is 36.8. The van der Waals surface area contributed by atoms with Crippen molar-refractivity contribution in [1.29, 1.82) is 0 Å². The molecule has 5 rings (SSSR count). The Morgan fingerprint density at radius 1 is 1.17 bits per heavy atom. The predicted molar refractivity (Wildman–Crippen MR) is 107 cm³/mol. The first kappa shape index (κ1) is 18.5. The number of anilines is 1. The lowest BCUT2D eigenvalue weighted by Crippen LogP contribution is -2.24. The lowest BCUT2D eigenvalue weighted by Gasteiger charge is -2.26. The Kier molecular flexibility index (Phi) is 4.38. The number of ether oxygens (including phenoxy) is 1.